The summed E-state index contributed by atoms with van der Waals surface area (Å²) in [6.45, 7) is 8.82. The molecular formula is C19H27N3O3. The second kappa shape index (κ2) is 6.67. The Kier molecular flexibility index (Phi) is 4.73. The fraction of sp³-hybridized carbons (Fsp3) is 0.579. The quantitative estimate of drug-likeness (QED) is 0.872. The molecule has 1 fully saturated rings. The number of hydrogen-bond acceptors (Lipinski definition) is 4. The third-order valence-electron chi connectivity index (χ3n) is 4.77. The number of aromatic nitrogens is 2. The van der Waals surface area contributed by atoms with Gasteiger partial charge in [-0.1, -0.05) is 0 Å². The van der Waals surface area contributed by atoms with Crippen LogP contribution in [0.3, 0.4) is 0 Å². The third-order valence-corrected chi connectivity index (χ3v) is 4.77. The van der Waals surface area contributed by atoms with Gasteiger partial charge < -0.3 is 19.7 Å². The number of aryl methyl sites for hydroxylation is 1. The predicted octanol–water partition coefficient (Wildman–Crippen LogP) is 3.55. The molecule has 3 rings (SSSR count). The second-order valence-electron chi connectivity index (χ2n) is 7.83. The van der Waals surface area contributed by atoms with Crippen LogP contribution in [0.4, 0.5) is 4.79 Å². The summed E-state index contributed by atoms with van der Waals surface area (Å²) in [6, 6.07) is 1.94. The van der Waals surface area contributed by atoms with Crippen LogP contribution in [0, 0.1) is 12.8 Å². The van der Waals surface area contributed by atoms with E-state index in [-0.39, 0.29) is 12.0 Å². The molecule has 1 aliphatic heterocycles. The van der Waals surface area contributed by atoms with Gasteiger partial charge in [0.1, 0.15) is 5.60 Å². The van der Waals surface area contributed by atoms with Crippen molar-refractivity contribution in [3.63, 3.8) is 0 Å². The first-order valence-electron chi connectivity index (χ1n) is 8.84. The van der Waals surface area contributed by atoms with E-state index in [0.29, 0.717) is 13.1 Å². The summed E-state index contributed by atoms with van der Waals surface area (Å²) in [5.41, 5.74) is 2.39. The second-order valence-corrected chi connectivity index (χ2v) is 7.83. The van der Waals surface area contributed by atoms with Crippen LogP contribution in [0.15, 0.2) is 18.5 Å². The number of ether oxygens (including phenoxy) is 1. The molecule has 136 valence electrons. The summed E-state index contributed by atoms with van der Waals surface area (Å²) in [5, 5.41) is 12.0. The smallest absolute Gasteiger partial charge is 0.410 e. The number of amides is 1. The summed E-state index contributed by atoms with van der Waals surface area (Å²) in [6.07, 6.45) is 4.24. The van der Waals surface area contributed by atoms with Crippen LogP contribution in [-0.2, 0) is 4.74 Å². The average Bonchev–Trinajstić information content (AvgIpc) is 2.88. The van der Waals surface area contributed by atoms with Crippen molar-refractivity contribution in [3.05, 3.63) is 29.7 Å². The van der Waals surface area contributed by atoms with Crippen molar-refractivity contribution >= 4 is 17.0 Å². The van der Waals surface area contributed by atoms with Crippen molar-refractivity contribution in [2.24, 2.45) is 5.92 Å². The van der Waals surface area contributed by atoms with E-state index in [1.807, 2.05) is 33.8 Å². The first kappa shape index (κ1) is 17.7. The topological polar surface area (TPSA) is 78.5 Å². The SMILES string of the molecule is Cc1[nH]c2cnccc2c1C(O)C1CCN(C(=O)OC(C)(C)C)CC1. The van der Waals surface area contributed by atoms with E-state index >= 15 is 0 Å². The number of likely N-dealkylation sites (tertiary alicyclic amines) is 1. The van der Waals surface area contributed by atoms with E-state index in [1.165, 1.54) is 0 Å². The number of aromatic amines is 1. The molecule has 1 aliphatic rings. The molecule has 1 atom stereocenters. The minimum atomic E-state index is -0.545. The maximum absolute atomic E-state index is 12.2. The van der Waals surface area contributed by atoms with Crippen molar-refractivity contribution in [1.82, 2.24) is 14.9 Å². The monoisotopic (exact) mass is 345 g/mol. The molecule has 0 bridgehead atoms. The van der Waals surface area contributed by atoms with Gasteiger partial charge in [-0.15, -0.1) is 0 Å². The predicted molar refractivity (Wildman–Crippen MR) is 96.3 cm³/mol. The number of rotatable bonds is 2. The Morgan fingerprint density at radius 3 is 2.72 bits per heavy atom. The molecule has 2 aromatic heterocycles. The van der Waals surface area contributed by atoms with Gasteiger partial charge in [0.2, 0.25) is 0 Å². The summed E-state index contributed by atoms with van der Waals surface area (Å²) >= 11 is 0. The van der Waals surface area contributed by atoms with Crippen LogP contribution in [0.25, 0.3) is 10.9 Å². The number of nitrogens with one attached hydrogen (secondary N) is 1. The average molecular weight is 345 g/mol. The van der Waals surface area contributed by atoms with Gasteiger partial charge in [0.05, 0.1) is 17.8 Å². The summed E-state index contributed by atoms with van der Waals surface area (Å²) in [4.78, 5) is 21.3. The van der Waals surface area contributed by atoms with Gasteiger partial charge in [0.15, 0.2) is 0 Å². The zero-order chi connectivity index (χ0) is 18.2. The van der Waals surface area contributed by atoms with E-state index in [1.54, 1.807) is 17.3 Å². The Hall–Kier alpha value is -2.08. The third kappa shape index (κ3) is 3.79. The standard InChI is InChI=1S/C19H27N3O3/c1-12-16(14-5-8-20-11-15(14)21-12)17(23)13-6-9-22(10-7-13)18(24)25-19(2,3)4/h5,8,11,13,17,21,23H,6-7,9-10H2,1-4H3. The number of aliphatic hydroxyl groups is 1. The fourth-order valence-corrected chi connectivity index (χ4v) is 3.54. The molecule has 0 saturated carbocycles. The number of carbonyl (C=O) groups is 1. The lowest BCUT2D eigenvalue weighted by Gasteiger charge is -2.35. The molecule has 3 heterocycles. The first-order valence-corrected chi connectivity index (χ1v) is 8.84. The van der Waals surface area contributed by atoms with E-state index < -0.39 is 11.7 Å². The van der Waals surface area contributed by atoms with Crippen LogP contribution in [0.1, 0.15) is 51.0 Å². The van der Waals surface area contributed by atoms with E-state index in [2.05, 4.69) is 9.97 Å². The molecule has 0 aromatic carbocycles. The number of nitrogens with zero attached hydrogens (tertiary/aromatic N) is 2. The molecule has 2 N–H and O–H groups in total. The van der Waals surface area contributed by atoms with Gasteiger partial charge in [0.25, 0.3) is 0 Å². The molecule has 6 nitrogen and oxygen atoms in total. The van der Waals surface area contributed by atoms with Gasteiger partial charge in [-0.2, -0.15) is 0 Å². The Balaban J connectivity index is 1.68. The minimum absolute atomic E-state index is 0.129. The molecule has 1 saturated heterocycles. The van der Waals surface area contributed by atoms with E-state index in [4.69, 9.17) is 4.74 Å². The van der Waals surface area contributed by atoms with Crippen molar-refractivity contribution < 1.29 is 14.6 Å². The minimum Gasteiger partial charge on any atom is -0.444 e. The number of piperidine rings is 1. The number of H-pyrrole nitrogens is 1. The highest BCUT2D eigenvalue weighted by Gasteiger charge is 2.32. The number of carbonyl (C=O) groups excluding carboxylic acids is 1. The molecule has 0 radical (unpaired) electrons. The Morgan fingerprint density at radius 2 is 2.08 bits per heavy atom. The van der Waals surface area contributed by atoms with Gasteiger partial charge in [0, 0.05) is 35.9 Å². The first-order chi connectivity index (χ1) is 11.8. The Bertz CT molecular complexity index is 755. The molecular weight excluding hydrogens is 318 g/mol. The highest BCUT2D eigenvalue weighted by Crippen LogP contribution is 2.36. The lowest BCUT2D eigenvalue weighted by atomic mass is 9.86. The molecule has 0 spiro atoms. The molecule has 1 amide bonds. The maximum atomic E-state index is 12.2. The number of fused-ring (bicyclic) bond motifs is 1. The van der Waals surface area contributed by atoms with Gasteiger partial charge in [-0.3, -0.25) is 4.98 Å². The van der Waals surface area contributed by atoms with E-state index in [0.717, 1.165) is 35.0 Å². The van der Waals surface area contributed by atoms with Crippen LogP contribution in [-0.4, -0.2) is 44.8 Å². The normalized spacial score (nSPS) is 17.7. The zero-order valence-corrected chi connectivity index (χ0v) is 15.4. The zero-order valence-electron chi connectivity index (χ0n) is 15.4. The maximum Gasteiger partial charge on any atom is 0.410 e. The lowest BCUT2D eigenvalue weighted by molar-refractivity contribution is 0.00775. The number of hydrogen-bond donors (Lipinski definition) is 2. The van der Waals surface area contributed by atoms with Crippen LogP contribution < -0.4 is 0 Å². The Morgan fingerprint density at radius 1 is 1.40 bits per heavy atom. The molecule has 25 heavy (non-hydrogen) atoms. The van der Waals surface area contributed by atoms with E-state index in [9.17, 15) is 9.90 Å². The van der Waals surface area contributed by atoms with Crippen LogP contribution in [0.5, 0.6) is 0 Å². The van der Waals surface area contributed by atoms with Crippen LogP contribution >= 0.6 is 0 Å². The molecule has 6 heteroatoms. The van der Waals surface area contributed by atoms with Gasteiger partial charge in [-0.05, 0) is 52.5 Å². The number of aliphatic hydroxyl groups excluding tert-OH is 1. The summed E-state index contributed by atoms with van der Waals surface area (Å²) in [7, 11) is 0. The Labute approximate surface area is 148 Å². The van der Waals surface area contributed by atoms with Crippen molar-refractivity contribution in [3.8, 4) is 0 Å². The molecule has 0 aliphatic carbocycles. The number of pyridine rings is 1. The van der Waals surface area contributed by atoms with Crippen molar-refractivity contribution in [2.45, 2.75) is 52.2 Å². The van der Waals surface area contributed by atoms with Crippen molar-refractivity contribution in [2.75, 3.05) is 13.1 Å². The van der Waals surface area contributed by atoms with Gasteiger partial charge >= 0.3 is 6.09 Å². The van der Waals surface area contributed by atoms with Gasteiger partial charge in [-0.25, -0.2) is 4.79 Å². The summed E-state index contributed by atoms with van der Waals surface area (Å²) < 4.78 is 5.43. The summed E-state index contributed by atoms with van der Waals surface area (Å²) in [5.74, 6) is 0.129. The lowest BCUT2D eigenvalue weighted by Crippen LogP contribution is -2.42. The highest BCUT2D eigenvalue weighted by molar-refractivity contribution is 5.84. The van der Waals surface area contributed by atoms with Crippen molar-refractivity contribution in [1.29, 1.82) is 0 Å². The highest BCUT2D eigenvalue weighted by atomic mass is 16.6. The molecule has 1 unspecified atom stereocenters. The van der Waals surface area contributed by atoms with Crippen LogP contribution in [0.2, 0.25) is 0 Å². The molecule has 2 aromatic rings. The largest absolute Gasteiger partial charge is 0.444 e. The fourth-order valence-electron chi connectivity index (χ4n) is 3.54.